The molecule has 0 atom stereocenters. The van der Waals surface area contributed by atoms with Gasteiger partial charge in [0.15, 0.2) is 0 Å². The maximum absolute atomic E-state index is 13.2. The van der Waals surface area contributed by atoms with Crippen LogP contribution in [0.15, 0.2) is 95.9 Å². The Kier molecular flexibility index (Phi) is 7.62. The number of anilines is 1. The van der Waals surface area contributed by atoms with E-state index in [1.807, 2.05) is 30.3 Å². The van der Waals surface area contributed by atoms with Crippen molar-refractivity contribution in [2.45, 2.75) is 11.4 Å². The number of hydrogen-bond donors (Lipinski definition) is 2. The van der Waals surface area contributed by atoms with E-state index >= 15 is 0 Å². The molecular formula is C27H26N2O6S. The van der Waals surface area contributed by atoms with Gasteiger partial charge in [-0.3, -0.25) is 0 Å². The smallest absolute Gasteiger partial charge is 0.244 e. The molecule has 0 spiro atoms. The van der Waals surface area contributed by atoms with E-state index in [1.54, 1.807) is 55.6 Å². The summed E-state index contributed by atoms with van der Waals surface area (Å²) in [5, 5.41) is 0. The molecule has 0 aliphatic rings. The molecule has 0 unspecified atom stereocenters. The van der Waals surface area contributed by atoms with Gasteiger partial charge in [-0.15, -0.1) is 0 Å². The van der Waals surface area contributed by atoms with Gasteiger partial charge < -0.3 is 24.7 Å². The maximum atomic E-state index is 13.2. The normalized spacial score (nSPS) is 11.1. The van der Waals surface area contributed by atoms with Crippen LogP contribution in [0.25, 0.3) is 0 Å². The summed E-state index contributed by atoms with van der Waals surface area (Å²) < 4.78 is 51.3. The summed E-state index contributed by atoms with van der Waals surface area (Å²) in [5.41, 5.74) is 6.83. The Morgan fingerprint density at radius 1 is 0.694 bits per heavy atom. The number of nitrogens with one attached hydrogen (secondary N) is 1. The Labute approximate surface area is 210 Å². The Bertz CT molecular complexity index is 1420. The van der Waals surface area contributed by atoms with Crippen LogP contribution < -0.4 is 29.4 Å². The number of para-hydroxylation sites is 1. The van der Waals surface area contributed by atoms with Crippen molar-refractivity contribution in [1.29, 1.82) is 0 Å². The van der Waals surface area contributed by atoms with Crippen molar-refractivity contribution < 1.29 is 27.4 Å². The molecule has 0 heterocycles. The summed E-state index contributed by atoms with van der Waals surface area (Å²) in [6.45, 7) is -0.00470. The largest absolute Gasteiger partial charge is 0.497 e. The minimum atomic E-state index is -3.99. The molecule has 4 aromatic rings. The first-order valence-corrected chi connectivity index (χ1v) is 12.5. The van der Waals surface area contributed by atoms with Crippen LogP contribution in [0.2, 0.25) is 0 Å². The SMILES string of the molecule is COc1ccc(CNS(=O)(=O)c2cc(N)ccc2Oc2ccc(Oc3ccccc3)cc2)c(OC)c1. The number of rotatable bonds is 10. The first kappa shape index (κ1) is 24.9. The molecule has 0 saturated heterocycles. The number of methoxy groups -OCH3 is 2. The second-order valence-electron chi connectivity index (χ2n) is 7.70. The van der Waals surface area contributed by atoms with E-state index in [0.29, 0.717) is 34.3 Å². The van der Waals surface area contributed by atoms with Crippen molar-refractivity contribution in [3.63, 3.8) is 0 Å². The Hall–Kier alpha value is -4.21. The molecular weight excluding hydrogens is 480 g/mol. The third kappa shape index (κ3) is 6.07. The minimum Gasteiger partial charge on any atom is -0.497 e. The van der Waals surface area contributed by atoms with Crippen LogP contribution in [0, 0.1) is 0 Å². The number of nitrogen functional groups attached to an aromatic ring is 1. The van der Waals surface area contributed by atoms with E-state index in [9.17, 15) is 8.42 Å². The first-order valence-electron chi connectivity index (χ1n) is 11.0. The molecule has 3 N–H and O–H groups in total. The molecule has 0 fully saturated rings. The fourth-order valence-electron chi connectivity index (χ4n) is 3.39. The summed E-state index contributed by atoms with van der Waals surface area (Å²) >= 11 is 0. The van der Waals surface area contributed by atoms with Gasteiger partial charge in [0.25, 0.3) is 0 Å². The van der Waals surface area contributed by atoms with Gasteiger partial charge in [-0.1, -0.05) is 24.3 Å². The van der Waals surface area contributed by atoms with E-state index in [2.05, 4.69) is 4.72 Å². The molecule has 0 aromatic heterocycles. The molecule has 8 nitrogen and oxygen atoms in total. The highest BCUT2D eigenvalue weighted by Gasteiger charge is 2.21. The van der Waals surface area contributed by atoms with Crippen molar-refractivity contribution in [2.75, 3.05) is 20.0 Å². The van der Waals surface area contributed by atoms with Crippen molar-refractivity contribution in [1.82, 2.24) is 4.72 Å². The average Bonchev–Trinajstić information content (AvgIpc) is 2.90. The molecule has 0 amide bonds. The quantitative estimate of drug-likeness (QED) is 0.279. The van der Waals surface area contributed by atoms with Gasteiger partial charge in [0.05, 0.1) is 14.2 Å². The topological polar surface area (TPSA) is 109 Å². The fraction of sp³-hybridized carbons (Fsp3) is 0.111. The lowest BCUT2D eigenvalue weighted by Crippen LogP contribution is -2.24. The molecule has 186 valence electrons. The Morgan fingerprint density at radius 2 is 1.33 bits per heavy atom. The average molecular weight is 507 g/mol. The second kappa shape index (κ2) is 11.0. The van der Waals surface area contributed by atoms with Crippen molar-refractivity contribution in [3.05, 3.63) is 96.6 Å². The van der Waals surface area contributed by atoms with Gasteiger partial charge in [-0.2, -0.15) is 0 Å². The summed E-state index contributed by atoms with van der Waals surface area (Å²) in [6.07, 6.45) is 0. The predicted molar refractivity (Wildman–Crippen MR) is 137 cm³/mol. The maximum Gasteiger partial charge on any atom is 0.244 e. The lowest BCUT2D eigenvalue weighted by Gasteiger charge is -2.15. The molecule has 0 radical (unpaired) electrons. The standard InChI is InChI=1S/C27H26N2O6S/c1-32-24-10-8-19(26(17-24)33-2)18-29-36(30,31)27-16-20(28)9-15-25(27)35-23-13-11-22(12-14-23)34-21-6-4-3-5-7-21/h3-17,29H,18,28H2,1-2H3. The molecule has 0 saturated carbocycles. The summed E-state index contributed by atoms with van der Waals surface area (Å²) in [4.78, 5) is -0.0837. The highest BCUT2D eigenvalue weighted by molar-refractivity contribution is 7.89. The molecule has 9 heteroatoms. The third-order valence-electron chi connectivity index (χ3n) is 5.23. The van der Waals surface area contributed by atoms with Crippen molar-refractivity contribution in [2.24, 2.45) is 0 Å². The van der Waals surface area contributed by atoms with Gasteiger partial charge in [0.1, 0.15) is 39.4 Å². The van der Waals surface area contributed by atoms with Crippen molar-refractivity contribution in [3.8, 4) is 34.5 Å². The van der Waals surface area contributed by atoms with E-state index in [-0.39, 0.29) is 22.9 Å². The summed E-state index contributed by atoms with van der Waals surface area (Å²) in [6, 6.07) is 25.8. The molecule has 4 aromatic carbocycles. The van der Waals surface area contributed by atoms with Gasteiger partial charge in [0, 0.05) is 23.9 Å². The number of hydrogen-bond acceptors (Lipinski definition) is 7. The van der Waals surface area contributed by atoms with E-state index in [4.69, 9.17) is 24.7 Å². The summed E-state index contributed by atoms with van der Waals surface area (Å²) in [5.74, 6) is 3.00. The first-order chi connectivity index (χ1) is 17.4. The van der Waals surface area contributed by atoms with Gasteiger partial charge >= 0.3 is 0 Å². The monoisotopic (exact) mass is 506 g/mol. The zero-order chi connectivity index (χ0) is 25.5. The highest BCUT2D eigenvalue weighted by Crippen LogP contribution is 2.33. The van der Waals surface area contributed by atoms with Crippen LogP contribution in [0.5, 0.6) is 34.5 Å². The fourth-order valence-corrected chi connectivity index (χ4v) is 4.56. The van der Waals surface area contributed by atoms with Crippen LogP contribution in [0.4, 0.5) is 5.69 Å². The minimum absolute atomic E-state index is 0.00470. The number of benzene rings is 4. The summed E-state index contributed by atoms with van der Waals surface area (Å²) in [7, 11) is -0.937. The van der Waals surface area contributed by atoms with Crippen LogP contribution in [-0.2, 0) is 16.6 Å². The number of nitrogens with two attached hydrogens (primary N) is 1. The lowest BCUT2D eigenvalue weighted by molar-refractivity contribution is 0.390. The zero-order valence-corrected chi connectivity index (χ0v) is 20.6. The Balaban J connectivity index is 1.52. The number of ether oxygens (including phenoxy) is 4. The third-order valence-corrected chi connectivity index (χ3v) is 6.66. The van der Waals surface area contributed by atoms with E-state index in [1.165, 1.54) is 19.2 Å². The molecule has 36 heavy (non-hydrogen) atoms. The molecule has 0 bridgehead atoms. The van der Waals surface area contributed by atoms with Gasteiger partial charge in [-0.05, 0) is 60.7 Å². The van der Waals surface area contributed by atoms with Crippen LogP contribution in [0.1, 0.15) is 5.56 Å². The Morgan fingerprint density at radius 3 is 2.00 bits per heavy atom. The highest BCUT2D eigenvalue weighted by atomic mass is 32.2. The van der Waals surface area contributed by atoms with Crippen molar-refractivity contribution >= 4 is 15.7 Å². The second-order valence-corrected chi connectivity index (χ2v) is 9.43. The van der Waals surface area contributed by atoms with Gasteiger partial charge in [-0.25, -0.2) is 13.1 Å². The molecule has 0 aliphatic carbocycles. The predicted octanol–water partition coefficient (Wildman–Crippen LogP) is 5.35. The van der Waals surface area contributed by atoms with Crippen LogP contribution in [-0.4, -0.2) is 22.6 Å². The molecule has 0 aliphatic heterocycles. The van der Waals surface area contributed by atoms with E-state index < -0.39 is 10.0 Å². The van der Waals surface area contributed by atoms with Crippen LogP contribution in [0.3, 0.4) is 0 Å². The van der Waals surface area contributed by atoms with E-state index in [0.717, 1.165) is 0 Å². The zero-order valence-electron chi connectivity index (χ0n) is 19.8. The lowest BCUT2D eigenvalue weighted by atomic mass is 10.2. The van der Waals surface area contributed by atoms with Gasteiger partial charge in [0.2, 0.25) is 10.0 Å². The number of sulfonamides is 1. The van der Waals surface area contributed by atoms with Crippen LogP contribution >= 0.6 is 0 Å². The molecule has 4 rings (SSSR count).